The Morgan fingerprint density at radius 3 is 2.94 bits per heavy atom. The Kier molecular flexibility index (Phi) is 3.42. The van der Waals surface area contributed by atoms with Gasteiger partial charge in [0, 0.05) is 11.6 Å². The molecule has 0 aliphatic carbocycles. The van der Waals surface area contributed by atoms with Crippen molar-refractivity contribution < 1.29 is 4.92 Å². The minimum Gasteiger partial charge on any atom is -0.393 e. The maximum atomic E-state index is 11.0. The first kappa shape index (κ1) is 12.3. The zero-order chi connectivity index (χ0) is 13.1. The zero-order valence-corrected chi connectivity index (χ0v) is 10.5. The van der Waals surface area contributed by atoms with Crippen LogP contribution in [0.25, 0.3) is 0 Å². The number of para-hydroxylation sites is 1. The Balaban J connectivity index is 2.29. The molecule has 1 aromatic carbocycles. The Morgan fingerprint density at radius 2 is 2.33 bits per heavy atom. The molecule has 0 amide bonds. The minimum atomic E-state index is -0.480. The van der Waals surface area contributed by atoms with Gasteiger partial charge in [-0.15, -0.1) is 11.3 Å². The summed E-state index contributed by atoms with van der Waals surface area (Å²) in [4.78, 5) is 14.7. The average Bonchev–Trinajstić information content (AvgIpc) is 2.81. The summed E-state index contributed by atoms with van der Waals surface area (Å²) in [5.74, 6) is 0. The second-order valence-corrected chi connectivity index (χ2v) is 4.66. The van der Waals surface area contributed by atoms with E-state index >= 15 is 0 Å². The normalized spacial score (nSPS) is 12.1. The number of nitro benzene ring substituents is 1. The summed E-state index contributed by atoms with van der Waals surface area (Å²) in [6, 6.07) is 4.72. The maximum absolute atomic E-state index is 11.0. The second kappa shape index (κ2) is 5.01. The molecule has 3 N–H and O–H groups in total. The van der Waals surface area contributed by atoms with Crippen molar-refractivity contribution >= 4 is 28.4 Å². The van der Waals surface area contributed by atoms with Crippen LogP contribution in [0.5, 0.6) is 0 Å². The molecule has 0 saturated heterocycles. The molecule has 0 aliphatic rings. The van der Waals surface area contributed by atoms with Gasteiger partial charge in [-0.05, 0) is 19.1 Å². The predicted molar refractivity (Wildman–Crippen MR) is 71.7 cm³/mol. The Labute approximate surface area is 108 Å². The number of nitrogens with two attached hydrogens (primary N) is 1. The molecule has 0 aliphatic heterocycles. The number of benzene rings is 1. The molecule has 0 bridgehead atoms. The van der Waals surface area contributed by atoms with Crippen molar-refractivity contribution in [2.24, 2.45) is 0 Å². The molecule has 1 heterocycles. The number of nitrogens with one attached hydrogen (secondary N) is 1. The minimum absolute atomic E-state index is 0.0964. The lowest BCUT2D eigenvalue weighted by Gasteiger charge is -2.13. The number of hydrogen-bond acceptors (Lipinski definition) is 6. The highest BCUT2D eigenvalue weighted by molar-refractivity contribution is 7.09. The van der Waals surface area contributed by atoms with Crippen molar-refractivity contribution in [3.8, 4) is 0 Å². The average molecular weight is 264 g/mol. The Morgan fingerprint density at radius 1 is 1.56 bits per heavy atom. The van der Waals surface area contributed by atoms with E-state index in [1.165, 1.54) is 17.4 Å². The fourth-order valence-corrected chi connectivity index (χ4v) is 2.27. The number of nitro groups is 1. The van der Waals surface area contributed by atoms with Crippen LogP contribution >= 0.6 is 11.3 Å². The van der Waals surface area contributed by atoms with Crippen LogP contribution in [0.1, 0.15) is 18.0 Å². The van der Waals surface area contributed by atoms with Gasteiger partial charge in [-0.25, -0.2) is 4.98 Å². The maximum Gasteiger partial charge on any atom is 0.314 e. The molecule has 94 valence electrons. The number of aromatic nitrogens is 1. The van der Waals surface area contributed by atoms with E-state index in [9.17, 15) is 10.1 Å². The van der Waals surface area contributed by atoms with Gasteiger partial charge in [-0.1, -0.05) is 6.07 Å². The number of anilines is 2. The lowest BCUT2D eigenvalue weighted by Crippen LogP contribution is -2.09. The molecule has 7 heteroatoms. The van der Waals surface area contributed by atoms with E-state index in [2.05, 4.69) is 10.3 Å². The molecule has 2 rings (SSSR count). The Hall–Kier alpha value is -2.15. The van der Waals surface area contributed by atoms with Crippen LogP contribution in [-0.4, -0.2) is 9.91 Å². The number of hydrogen-bond donors (Lipinski definition) is 2. The molecule has 0 spiro atoms. The summed E-state index contributed by atoms with van der Waals surface area (Å²) < 4.78 is 0. The van der Waals surface area contributed by atoms with E-state index < -0.39 is 4.92 Å². The quantitative estimate of drug-likeness (QED) is 0.503. The first-order valence-corrected chi connectivity index (χ1v) is 6.16. The van der Waals surface area contributed by atoms with Crippen molar-refractivity contribution in [3.05, 3.63) is 44.9 Å². The number of rotatable bonds is 4. The molecule has 0 fully saturated rings. The van der Waals surface area contributed by atoms with Crippen molar-refractivity contribution in [2.75, 3.05) is 11.1 Å². The van der Waals surface area contributed by atoms with Gasteiger partial charge in [0.25, 0.3) is 0 Å². The molecular weight excluding hydrogens is 252 g/mol. The van der Waals surface area contributed by atoms with Gasteiger partial charge in [0.05, 0.1) is 11.0 Å². The van der Waals surface area contributed by atoms with E-state index in [0.717, 1.165) is 5.01 Å². The highest BCUT2D eigenvalue weighted by atomic mass is 32.1. The van der Waals surface area contributed by atoms with Gasteiger partial charge >= 0.3 is 5.69 Å². The van der Waals surface area contributed by atoms with Crippen LogP contribution < -0.4 is 11.1 Å². The summed E-state index contributed by atoms with van der Waals surface area (Å²) in [7, 11) is 0. The topological polar surface area (TPSA) is 94.1 Å². The second-order valence-electron chi connectivity index (χ2n) is 3.74. The van der Waals surface area contributed by atoms with Gasteiger partial charge in [0.2, 0.25) is 0 Å². The van der Waals surface area contributed by atoms with Gasteiger partial charge in [-0.3, -0.25) is 10.1 Å². The largest absolute Gasteiger partial charge is 0.393 e. The molecule has 1 aromatic heterocycles. The Bertz CT molecular complexity index is 556. The van der Waals surface area contributed by atoms with Crippen LogP contribution in [0.15, 0.2) is 29.8 Å². The van der Waals surface area contributed by atoms with E-state index in [1.807, 2.05) is 12.3 Å². The van der Waals surface area contributed by atoms with Gasteiger partial charge in [-0.2, -0.15) is 0 Å². The monoisotopic (exact) mass is 264 g/mol. The van der Waals surface area contributed by atoms with Crippen LogP contribution in [0.3, 0.4) is 0 Å². The summed E-state index contributed by atoms with van der Waals surface area (Å²) in [5.41, 5.74) is 6.08. The molecule has 0 radical (unpaired) electrons. The molecule has 18 heavy (non-hydrogen) atoms. The third-order valence-corrected chi connectivity index (χ3v) is 3.40. The van der Waals surface area contributed by atoms with Crippen LogP contribution in [0.2, 0.25) is 0 Å². The summed E-state index contributed by atoms with van der Waals surface area (Å²) in [6.07, 6.45) is 1.70. The van der Waals surface area contributed by atoms with Crippen molar-refractivity contribution in [1.82, 2.24) is 4.98 Å². The highest BCUT2D eigenvalue weighted by Crippen LogP contribution is 2.33. The lowest BCUT2D eigenvalue weighted by molar-refractivity contribution is -0.383. The molecule has 1 atom stereocenters. The predicted octanol–water partition coefficient (Wildman–Crippen LogP) is 2.81. The zero-order valence-electron chi connectivity index (χ0n) is 9.66. The number of nitrogens with zero attached hydrogens (tertiary/aromatic N) is 2. The van der Waals surface area contributed by atoms with Crippen molar-refractivity contribution in [2.45, 2.75) is 13.0 Å². The third-order valence-electron chi connectivity index (χ3n) is 2.44. The van der Waals surface area contributed by atoms with Crippen molar-refractivity contribution in [3.63, 3.8) is 0 Å². The number of thiazole rings is 1. The fraction of sp³-hybridized carbons (Fsp3) is 0.182. The summed E-state index contributed by atoms with van der Waals surface area (Å²) in [6.45, 7) is 1.89. The van der Waals surface area contributed by atoms with Crippen LogP contribution in [-0.2, 0) is 0 Å². The summed E-state index contributed by atoms with van der Waals surface area (Å²) >= 11 is 1.49. The van der Waals surface area contributed by atoms with E-state index in [4.69, 9.17) is 5.73 Å². The fourth-order valence-electron chi connectivity index (χ4n) is 1.62. The lowest BCUT2D eigenvalue weighted by atomic mass is 10.2. The first-order chi connectivity index (χ1) is 8.59. The third kappa shape index (κ3) is 2.40. The van der Waals surface area contributed by atoms with E-state index in [0.29, 0.717) is 5.69 Å². The SMILES string of the molecule is CC(Nc1cccc(N)c1[N+](=O)[O-])c1nccs1. The van der Waals surface area contributed by atoms with E-state index in [1.54, 1.807) is 18.3 Å². The molecule has 0 saturated carbocycles. The number of nitrogen functional groups attached to an aromatic ring is 1. The van der Waals surface area contributed by atoms with Crippen LogP contribution in [0, 0.1) is 10.1 Å². The highest BCUT2D eigenvalue weighted by Gasteiger charge is 2.19. The molecule has 2 aromatic rings. The molecule has 6 nitrogen and oxygen atoms in total. The van der Waals surface area contributed by atoms with Crippen molar-refractivity contribution in [1.29, 1.82) is 0 Å². The first-order valence-electron chi connectivity index (χ1n) is 5.28. The van der Waals surface area contributed by atoms with Gasteiger partial charge < -0.3 is 11.1 Å². The van der Waals surface area contributed by atoms with E-state index in [-0.39, 0.29) is 17.4 Å². The van der Waals surface area contributed by atoms with Crippen LogP contribution in [0.4, 0.5) is 17.1 Å². The van der Waals surface area contributed by atoms with Gasteiger partial charge in [0.1, 0.15) is 16.4 Å². The smallest absolute Gasteiger partial charge is 0.314 e. The molecule has 1 unspecified atom stereocenters. The summed E-state index contributed by atoms with van der Waals surface area (Å²) in [5, 5.41) is 16.8. The van der Waals surface area contributed by atoms with Gasteiger partial charge in [0.15, 0.2) is 0 Å². The standard InChI is InChI=1S/C11H12N4O2S/c1-7(11-13-5-6-18-11)14-9-4-2-3-8(12)10(9)15(16)17/h2-7,14H,12H2,1H3. The molecular formula is C11H12N4O2S.